The topological polar surface area (TPSA) is 116 Å². The van der Waals surface area contributed by atoms with Crippen LogP contribution in [0, 0.1) is 10.1 Å². The van der Waals surface area contributed by atoms with E-state index in [1.807, 2.05) is 0 Å². The van der Waals surface area contributed by atoms with Crippen molar-refractivity contribution in [3.63, 3.8) is 0 Å². The first kappa shape index (κ1) is 21.1. The number of rotatable bonds is 7. The first-order valence-corrected chi connectivity index (χ1v) is 8.97. The molecule has 0 radical (unpaired) electrons. The lowest BCUT2D eigenvalue weighted by atomic mass is 10.0. The molecule has 9 heteroatoms. The Balaban J connectivity index is 1.87. The average Bonchev–Trinajstić information content (AvgIpc) is 2.70. The van der Waals surface area contributed by atoms with Crippen molar-refractivity contribution in [2.45, 2.75) is 32.2 Å². The molecule has 0 bridgehead atoms. The van der Waals surface area contributed by atoms with Crippen LogP contribution in [0.2, 0.25) is 0 Å². The molecule has 1 aliphatic heterocycles. The quantitative estimate of drug-likeness (QED) is 0.303. The molecule has 1 aromatic rings. The summed E-state index contributed by atoms with van der Waals surface area (Å²) in [6, 6.07) is 4.98. The molecular weight excluding hydrogens is 368 g/mol. The Morgan fingerprint density at radius 2 is 1.93 bits per heavy atom. The van der Waals surface area contributed by atoms with Crippen LogP contribution in [0.15, 0.2) is 30.3 Å². The van der Waals surface area contributed by atoms with Crippen molar-refractivity contribution < 1.29 is 28.8 Å². The van der Waals surface area contributed by atoms with Crippen LogP contribution in [-0.2, 0) is 23.9 Å². The van der Waals surface area contributed by atoms with Crippen LogP contribution >= 0.6 is 0 Å². The molecule has 1 aromatic carbocycles. The summed E-state index contributed by atoms with van der Waals surface area (Å²) in [6.07, 6.45) is 4.69. The van der Waals surface area contributed by atoms with Gasteiger partial charge in [-0.15, -0.1) is 0 Å². The number of esters is 2. The fraction of sp³-hybridized carbons (Fsp3) is 0.421. The number of benzene rings is 1. The SMILES string of the molecule is CCOC(=O)[C@@H]1CCCCN1C(=O)COC(=O)/C=C/c1ccc([N+](=O)[O-])cc1. The second-order valence-corrected chi connectivity index (χ2v) is 6.14. The summed E-state index contributed by atoms with van der Waals surface area (Å²) < 4.78 is 9.96. The van der Waals surface area contributed by atoms with Crippen molar-refractivity contribution in [2.24, 2.45) is 0 Å². The van der Waals surface area contributed by atoms with Gasteiger partial charge in [0.1, 0.15) is 6.04 Å². The molecule has 9 nitrogen and oxygen atoms in total. The molecule has 28 heavy (non-hydrogen) atoms. The summed E-state index contributed by atoms with van der Waals surface area (Å²) in [5.41, 5.74) is 0.523. The van der Waals surface area contributed by atoms with Crippen LogP contribution in [0.3, 0.4) is 0 Å². The van der Waals surface area contributed by atoms with E-state index >= 15 is 0 Å². The Bertz CT molecular complexity index is 758. The number of piperidine rings is 1. The molecule has 1 atom stereocenters. The lowest BCUT2D eigenvalue weighted by Crippen LogP contribution is -2.50. The molecule has 2 rings (SSSR count). The van der Waals surface area contributed by atoms with E-state index in [-0.39, 0.29) is 12.3 Å². The molecule has 1 amide bonds. The Morgan fingerprint density at radius 3 is 2.57 bits per heavy atom. The number of carbonyl (C=O) groups excluding carboxylic acids is 3. The van der Waals surface area contributed by atoms with Crippen LogP contribution in [0.5, 0.6) is 0 Å². The van der Waals surface area contributed by atoms with Gasteiger partial charge in [-0.25, -0.2) is 9.59 Å². The third-order valence-corrected chi connectivity index (χ3v) is 4.24. The number of nitro groups is 1. The second kappa shape index (κ2) is 10.2. The van der Waals surface area contributed by atoms with E-state index in [2.05, 4.69) is 0 Å². The van der Waals surface area contributed by atoms with Gasteiger partial charge in [-0.3, -0.25) is 14.9 Å². The molecule has 1 saturated heterocycles. The Kier molecular flexibility index (Phi) is 7.67. The van der Waals surface area contributed by atoms with Crippen molar-refractivity contribution in [1.29, 1.82) is 0 Å². The smallest absolute Gasteiger partial charge is 0.331 e. The van der Waals surface area contributed by atoms with Crippen molar-refractivity contribution in [1.82, 2.24) is 4.90 Å². The summed E-state index contributed by atoms with van der Waals surface area (Å²) in [5.74, 6) is -1.62. The normalized spacial score (nSPS) is 16.6. The predicted octanol–water partition coefficient (Wildman–Crippen LogP) is 2.10. The fourth-order valence-corrected chi connectivity index (χ4v) is 2.85. The van der Waals surface area contributed by atoms with Crippen molar-refractivity contribution in [3.05, 3.63) is 46.0 Å². The standard InChI is InChI=1S/C19H22N2O7/c1-2-27-19(24)16-5-3-4-12-20(16)17(22)13-28-18(23)11-8-14-6-9-15(10-7-14)21(25)26/h6-11,16H,2-5,12-13H2,1H3/b11-8+/t16-/m0/s1. The Labute approximate surface area is 162 Å². The maximum Gasteiger partial charge on any atom is 0.331 e. The number of nitro benzene ring substituents is 1. The van der Waals surface area contributed by atoms with Gasteiger partial charge in [-0.2, -0.15) is 0 Å². The number of likely N-dealkylation sites (tertiary alicyclic amines) is 1. The van der Waals surface area contributed by atoms with Gasteiger partial charge in [-0.1, -0.05) is 0 Å². The lowest BCUT2D eigenvalue weighted by molar-refractivity contribution is -0.384. The second-order valence-electron chi connectivity index (χ2n) is 6.14. The van der Waals surface area contributed by atoms with Gasteiger partial charge >= 0.3 is 11.9 Å². The number of carbonyl (C=O) groups is 3. The molecule has 1 fully saturated rings. The van der Waals surface area contributed by atoms with E-state index in [4.69, 9.17) is 9.47 Å². The maximum atomic E-state index is 12.4. The molecule has 0 aromatic heterocycles. The third-order valence-electron chi connectivity index (χ3n) is 4.24. The molecular formula is C19H22N2O7. The highest BCUT2D eigenvalue weighted by Gasteiger charge is 2.33. The number of non-ortho nitro benzene ring substituents is 1. The average molecular weight is 390 g/mol. The number of ether oxygens (including phenoxy) is 2. The number of hydrogen-bond acceptors (Lipinski definition) is 7. The molecule has 0 aliphatic carbocycles. The zero-order chi connectivity index (χ0) is 20.5. The van der Waals surface area contributed by atoms with Gasteiger partial charge in [0.2, 0.25) is 0 Å². The molecule has 150 valence electrons. The fourth-order valence-electron chi connectivity index (χ4n) is 2.85. The summed E-state index contributed by atoms with van der Waals surface area (Å²) in [4.78, 5) is 47.7. The van der Waals surface area contributed by atoms with Gasteiger partial charge in [0.25, 0.3) is 11.6 Å². The van der Waals surface area contributed by atoms with E-state index in [9.17, 15) is 24.5 Å². The monoisotopic (exact) mass is 390 g/mol. The minimum Gasteiger partial charge on any atom is -0.464 e. The van der Waals surface area contributed by atoms with E-state index < -0.39 is 35.4 Å². The Hall–Kier alpha value is -3.23. The summed E-state index contributed by atoms with van der Waals surface area (Å²) >= 11 is 0. The highest BCUT2D eigenvalue weighted by atomic mass is 16.6. The van der Waals surface area contributed by atoms with Crippen LogP contribution in [0.1, 0.15) is 31.7 Å². The predicted molar refractivity (Wildman–Crippen MR) is 99.1 cm³/mol. The van der Waals surface area contributed by atoms with Gasteiger partial charge in [0.15, 0.2) is 6.61 Å². The lowest BCUT2D eigenvalue weighted by Gasteiger charge is -2.33. The van der Waals surface area contributed by atoms with Crippen LogP contribution in [0.4, 0.5) is 5.69 Å². The van der Waals surface area contributed by atoms with Crippen molar-refractivity contribution >= 4 is 29.6 Å². The molecule has 0 spiro atoms. The minimum atomic E-state index is -0.726. The number of nitrogens with zero attached hydrogens (tertiary/aromatic N) is 2. The van der Waals surface area contributed by atoms with Crippen molar-refractivity contribution in [3.8, 4) is 0 Å². The summed E-state index contributed by atoms with van der Waals surface area (Å²) in [6.45, 7) is 1.88. The van der Waals surface area contributed by atoms with E-state index in [1.165, 1.54) is 35.2 Å². The molecule has 0 N–H and O–H groups in total. The Morgan fingerprint density at radius 1 is 1.21 bits per heavy atom. The number of hydrogen-bond donors (Lipinski definition) is 0. The zero-order valence-corrected chi connectivity index (χ0v) is 15.5. The van der Waals surface area contributed by atoms with Crippen LogP contribution in [0.25, 0.3) is 6.08 Å². The number of amides is 1. The molecule has 0 saturated carbocycles. The molecule has 0 unspecified atom stereocenters. The minimum absolute atomic E-state index is 0.0528. The van der Waals surface area contributed by atoms with Crippen molar-refractivity contribution in [2.75, 3.05) is 19.8 Å². The molecule has 1 aliphatic rings. The zero-order valence-electron chi connectivity index (χ0n) is 15.5. The highest BCUT2D eigenvalue weighted by molar-refractivity contribution is 5.90. The first-order chi connectivity index (χ1) is 13.4. The molecule has 1 heterocycles. The van der Waals surface area contributed by atoms with E-state index in [0.717, 1.165) is 18.9 Å². The summed E-state index contributed by atoms with van der Waals surface area (Å²) in [7, 11) is 0. The van der Waals surface area contributed by atoms with Gasteiger partial charge in [0.05, 0.1) is 11.5 Å². The van der Waals surface area contributed by atoms with Gasteiger partial charge in [-0.05, 0) is 50.0 Å². The van der Waals surface area contributed by atoms with Crippen LogP contribution < -0.4 is 0 Å². The van der Waals surface area contributed by atoms with Gasteiger partial charge < -0.3 is 14.4 Å². The van der Waals surface area contributed by atoms with E-state index in [0.29, 0.717) is 18.5 Å². The van der Waals surface area contributed by atoms with Crippen LogP contribution in [-0.4, -0.2) is 53.5 Å². The van der Waals surface area contributed by atoms with Gasteiger partial charge in [0, 0.05) is 24.8 Å². The maximum absolute atomic E-state index is 12.4. The highest BCUT2D eigenvalue weighted by Crippen LogP contribution is 2.18. The first-order valence-electron chi connectivity index (χ1n) is 8.97. The summed E-state index contributed by atoms with van der Waals surface area (Å²) in [5, 5.41) is 10.6. The largest absolute Gasteiger partial charge is 0.464 e. The van der Waals surface area contributed by atoms with E-state index in [1.54, 1.807) is 6.92 Å². The third kappa shape index (κ3) is 5.90.